The Hall–Kier alpha value is -1.03. The molecule has 1 amide bonds. The summed E-state index contributed by atoms with van der Waals surface area (Å²) in [6.45, 7) is 4.49. The van der Waals surface area contributed by atoms with Crippen molar-refractivity contribution in [1.29, 1.82) is 0 Å². The number of unbranched alkanes of at least 4 members (excludes halogenated alkanes) is 15. The van der Waals surface area contributed by atoms with E-state index in [0.717, 1.165) is 64.3 Å². The maximum atomic E-state index is 12.2. The van der Waals surface area contributed by atoms with E-state index >= 15 is 0 Å². The molecule has 232 valence electrons. The Labute approximate surface area is 236 Å². The summed E-state index contributed by atoms with van der Waals surface area (Å²) in [6.07, 6.45) is 18.6. The first-order chi connectivity index (χ1) is 18.7. The van der Waals surface area contributed by atoms with Crippen LogP contribution in [0.25, 0.3) is 0 Å². The summed E-state index contributed by atoms with van der Waals surface area (Å²) in [5.41, 5.74) is 0. The molecule has 11 heteroatoms. The number of amides is 1. The molecule has 10 nitrogen and oxygen atoms in total. The van der Waals surface area contributed by atoms with E-state index in [1.54, 1.807) is 0 Å². The Kier molecular flexibility index (Phi) is 26.4. The number of nitrogens with one attached hydrogen (secondary N) is 1. The number of hydrogen-bond acceptors (Lipinski definition) is 7. The Balaban J connectivity index is 3.87. The molecule has 0 aliphatic rings. The Morgan fingerprint density at radius 1 is 0.744 bits per heavy atom. The van der Waals surface area contributed by atoms with Gasteiger partial charge in [-0.2, -0.15) is 0 Å². The lowest BCUT2D eigenvalue weighted by atomic mass is 10.1. The van der Waals surface area contributed by atoms with Gasteiger partial charge in [-0.05, 0) is 19.3 Å². The van der Waals surface area contributed by atoms with Crippen LogP contribution in [0.4, 0.5) is 0 Å². The van der Waals surface area contributed by atoms with Crippen LogP contribution in [0.1, 0.15) is 129 Å². The van der Waals surface area contributed by atoms with Crippen LogP contribution in [0.5, 0.6) is 0 Å². The van der Waals surface area contributed by atoms with Gasteiger partial charge in [0.2, 0.25) is 5.91 Å². The van der Waals surface area contributed by atoms with E-state index in [1.165, 1.54) is 58.3 Å². The lowest BCUT2D eigenvalue weighted by molar-refractivity contribution is -0.158. The molecule has 0 aromatic rings. The van der Waals surface area contributed by atoms with Crippen LogP contribution in [0.15, 0.2) is 0 Å². The summed E-state index contributed by atoms with van der Waals surface area (Å²) >= 11 is 0. The van der Waals surface area contributed by atoms with Gasteiger partial charge in [-0.25, -0.2) is 4.57 Å². The van der Waals surface area contributed by atoms with E-state index in [9.17, 15) is 14.2 Å². The van der Waals surface area contributed by atoms with Crippen LogP contribution in [-0.2, 0) is 32.9 Å². The molecule has 0 aromatic carbocycles. The number of carbonyl (C=O) groups excluding carboxylic acids is 2. The highest BCUT2D eigenvalue weighted by atomic mass is 31.2. The predicted octanol–water partition coefficient (Wildman–Crippen LogP) is 6.18. The standard InChI is InChI=1S/C28H56NO9P/c1-3-4-5-6-7-8-9-10-11-14-17-20-28(31)38-27(24-37-39(32,33)34)23-36-25-35-22-19-16-13-12-15-18-21-29-26(2)30/h27H,3-25H2,1-2H3,(H,29,30)(H2,32,33,34)/t27-/m1/s1. The minimum Gasteiger partial charge on any atom is -0.457 e. The first-order valence-corrected chi connectivity index (χ1v) is 16.6. The van der Waals surface area contributed by atoms with Gasteiger partial charge < -0.3 is 29.3 Å². The van der Waals surface area contributed by atoms with Crippen LogP contribution in [-0.4, -0.2) is 60.9 Å². The molecule has 0 bridgehead atoms. The van der Waals surface area contributed by atoms with Crippen molar-refractivity contribution in [3.8, 4) is 0 Å². The fourth-order valence-electron chi connectivity index (χ4n) is 4.07. The summed E-state index contributed by atoms with van der Waals surface area (Å²) < 4.78 is 31.8. The number of esters is 1. The zero-order chi connectivity index (χ0) is 29.0. The van der Waals surface area contributed by atoms with Crippen molar-refractivity contribution in [2.24, 2.45) is 0 Å². The number of phosphoric acid groups is 1. The summed E-state index contributed by atoms with van der Waals surface area (Å²) in [4.78, 5) is 41.0. The molecular weight excluding hydrogens is 525 g/mol. The van der Waals surface area contributed by atoms with Crippen molar-refractivity contribution in [2.75, 3.05) is 33.2 Å². The minimum atomic E-state index is -4.68. The summed E-state index contributed by atoms with van der Waals surface area (Å²) in [5, 5.41) is 2.79. The van der Waals surface area contributed by atoms with Crippen molar-refractivity contribution < 1.29 is 42.7 Å². The van der Waals surface area contributed by atoms with E-state index in [1.807, 2.05) is 0 Å². The van der Waals surface area contributed by atoms with Gasteiger partial charge in [-0.1, -0.05) is 96.8 Å². The lowest BCUT2D eigenvalue weighted by Gasteiger charge is -2.18. The molecule has 0 rings (SSSR count). The van der Waals surface area contributed by atoms with E-state index in [2.05, 4.69) is 16.8 Å². The molecule has 0 radical (unpaired) electrons. The first-order valence-electron chi connectivity index (χ1n) is 15.0. The third kappa shape index (κ3) is 31.4. The number of carbonyl (C=O) groups is 2. The fourth-order valence-corrected chi connectivity index (χ4v) is 4.43. The quantitative estimate of drug-likeness (QED) is 0.0409. The predicted molar refractivity (Wildman–Crippen MR) is 152 cm³/mol. The Morgan fingerprint density at radius 3 is 1.85 bits per heavy atom. The molecule has 0 aliphatic heterocycles. The highest BCUT2D eigenvalue weighted by molar-refractivity contribution is 7.46. The maximum absolute atomic E-state index is 12.2. The van der Waals surface area contributed by atoms with Crippen molar-refractivity contribution in [3.63, 3.8) is 0 Å². The summed E-state index contributed by atoms with van der Waals surface area (Å²) in [5.74, 6) is -0.417. The van der Waals surface area contributed by atoms with E-state index < -0.39 is 26.5 Å². The second-order valence-corrected chi connectivity index (χ2v) is 11.4. The molecule has 0 saturated heterocycles. The van der Waals surface area contributed by atoms with Gasteiger partial charge in [-0.3, -0.25) is 14.1 Å². The second kappa shape index (κ2) is 27.2. The van der Waals surface area contributed by atoms with Crippen LogP contribution < -0.4 is 5.32 Å². The smallest absolute Gasteiger partial charge is 0.457 e. The SMILES string of the molecule is CCCCCCCCCCCCCC(=O)O[C@H](COCOCCCCCCCCNC(C)=O)COP(=O)(O)O. The van der Waals surface area contributed by atoms with Crippen LogP contribution >= 0.6 is 7.82 Å². The van der Waals surface area contributed by atoms with Crippen LogP contribution in [0.2, 0.25) is 0 Å². The van der Waals surface area contributed by atoms with Gasteiger partial charge in [0.25, 0.3) is 0 Å². The average molecular weight is 582 g/mol. The van der Waals surface area contributed by atoms with Gasteiger partial charge in [0.05, 0.1) is 13.2 Å². The number of rotatable bonds is 29. The van der Waals surface area contributed by atoms with E-state index in [0.29, 0.717) is 6.61 Å². The second-order valence-electron chi connectivity index (χ2n) is 10.2. The molecule has 1 atom stereocenters. The highest BCUT2D eigenvalue weighted by Crippen LogP contribution is 2.35. The molecular formula is C28H56NO9P. The van der Waals surface area contributed by atoms with Gasteiger partial charge in [-0.15, -0.1) is 0 Å². The Bertz CT molecular complexity index is 630. The maximum Gasteiger partial charge on any atom is 0.469 e. The Morgan fingerprint density at radius 2 is 1.28 bits per heavy atom. The molecule has 0 heterocycles. The molecule has 0 unspecified atom stereocenters. The number of phosphoric ester groups is 1. The van der Waals surface area contributed by atoms with Gasteiger partial charge in [0.1, 0.15) is 12.9 Å². The molecule has 0 fully saturated rings. The molecule has 0 aliphatic carbocycles. The van der Waals surface area contributed by atoms with Gasteiger partial charge >= 0.3 is 13.8 Å². The summed E-state index contributed by atoms with van der Waals surface area (Å²) in [6, 6.07) is 0. The molecule has 39 heavy (non-hydrogen) atoms. The number of ether oxygens (including phenoxy) is 3. The van der Waals surface area contributed by atoms with Gasteiger partial charge in [0.15, 0.2) is 0 Å². The van der Waals surface area contributed by atoms with E-state index in [-0.39, 0.29) is 25.7 Å². The average Bonchev–Trinajstić information content (AvgIpc) is 2.87. The first kappa shape index (κ1) is 38.0. The van der Waals surface area contributed by atoms with Crippen LogP contribution in [0.3, 0.4) is 0 Å². The fraction of sp³-hybridized carbons (Fsp3) is 0.929. The van der Waals surface area contributed by atoms with Crippen molar-refractivity contribution in [3.05, 3.63) is 0 Å². The largest absolute Gasteiger partial charge is 0.469 e. The topological polar surface area (TPSA) is 141 Å². The monoisotopic (exact) mass is 581 g/mol. The molecule has 3 N–H and O–H groups in total. The molecule has 0 saturated carbocycles. The minimum absolute atomic E-state index is 0.000713. The van der Waals surface area contributed by atoms with Crippen LogP contribution in [0, 0.1) is 0 Å². The zero-order valence-electron chi connectivity index (χ0n) is 24.5. The lowest BCUT2D eigenvalue weighted by Crippen LogP contribution is -2.28. The normalized spacial score (nSPS) is 12.4. The zero-order valence-corrected chi connectivity index (χ0v) is 25.4. The van der Waals surface area contributed by atoms with Crippen molar-refractivity contribution in [1.82, 2.24) is 5.32 Å². The van der Waals surface area contributed by atoms with E-state index in [4.69, 9.17) is 24.0 Å². The van der Waals surface area contributed by atoms with Crippen molar-refractivity contribution in [2.45, 2.75) is 136 Å². The number of hydrogen-bond donors (Lipinski definition) is 3. The third-order valence-corrected chi connectivity index (χ3v) is 6.76. The molecule has 0 aromatic heterocycles. The summed E-state index contributed by atoms with van der Waals surface area (Å²) in [7, 11) is -4.68. The third-order valence-electron chi connectivity index (χ3n) is 6.27. The highest BCUT2D eigenvalue weighted by Gasteiger charge is 2.21. The van der Waals surface area contributed by atoms with Crippen molar-refractivity contribution >= 4 is 19.7 Å². The molecule has 0 spiro atoms. The van der Waals surface area contributed by atoms with Gasteiger partial charge in [0, 0.05) is 26.5 Å².